The molecular weight excluding hydrogens is 250 g/mol. The number of nitrogens with zero attached hydrogens (tertiary/aromatic N) is 1. The molecule has 3 rings (SSSR count). The van der Waals surface area contributed by atoms with E-state index in [0.717, 1.165) is 32.6 Å². The van der Waals surface area contributed by atoms with Crippen molar-refractivity contribution in [1.82, 2.24) is 4.57 Å². The molecule has 1 aliphatic carbocycles. The molecule has 0 amide bonds. The summed E-state index contributed by atoms with van der Waals surface area (Å²) in [5, 5.41) is 10.4. The summed E-state index contributed by atoms with van der Waals surface area (Å²) in [4.78, 5) is 0. The smallest absolute Gasteiger partial charge is 0.0812 e. The fourth-order valence-corrected chi connectivity index (χ4v) is 3.86. The molecule has 3 heteroatoms. The second kappa shape index (κ2) is 5.19. The predicted molar refractivity (Wildman–Crippen MR) is 79.8 cm³/mol. The lowest BCUT2D eigenvalue weighted by atomic mass is 9.75. The molecule has 20 heavy (non-hydrogen) atoms. The first-order valence-electron chi connectivity index (χ1n) is 7.91. The van der Waals surface area contributed by atoms with E-state index in [1.165, 1.54) is 29.8 Å². The lowest BCUT2D eigenvalue weighted by Gasteiger charge is -2.34. The van der Waals surface area contributed by atoms with E-state index < -0.39 is 0 Å². The largest absolute Gasteiger partial charge is 0.388 e. The normalized spacial score (nSPS) is 29.2. The summed E-state index contributed by atoms with van der Waals surface area (Å²) < 4.78 is 8.06. The Bertz CT molecular complexity index is 483. The van der Waals surface area contributed by atoms with Crippen molar-refractivity contribution in [2.45, 2.75) is 59.1 Å². The summed E-state index contributed by atoms with van der Waals surface area (Å²) in [6.07, 6.45) is 4.09. The first-order chi connectivity index (χ1) is 9.46. The van der Waals surface area contributed by atoms with Gasteiger partial charge in [0.15, 0.2) is 0 Å². The van der Waals surface area contributed by atoms with E-state index in [4.69, 9.17) is 4.74 Å². The van der Waals surface area contributed by atoms with Gasteiger partial charge in [-0.25, -0.2) is 0 Å². The first kappa shape index (κ1) is 14.2. The highest BCUT2D eigenvalue weighted by Crippen LogP contribution is 2.42. The van der Waals surface area contributed by atoms with Crippen molar-refractivity contribution in [2.24, 2.45) is 11.3 Å². The molecule has 2 heterocycles. The van der Waals surface area contributed by atoms with Gasteiger partial charge in [0.1, 0.15) is 0 Å². The Labute approximate surface area is 121 Å². The van der Waals surface area contributed by atoms with Crippen LogP contribution in [0.5, 0.6) is 0 Å². The SMILES string of the molecule is Cc1cc2c(n1CC1CCCOC1)CC(C)(C)CC2O. The number of aryl methyl sites for hydroxylation is 1. The van der Waals surface area contributed by atoms with Crippen molar-refractivity contribution < 1.29 is 9.84 Å². The highest BCUT2D eigenvalue weighted by molar-refractivity contribution is 5.33. The lowest BCUT2D eigenvalue weighted by molar-refractivity contribution is 0.0470. The van der Waals surface area contributed by atoms with Crippen LogP contribution in [0.2, 0.25) is 0 Å². The standard InChI is InChI=1S/C17H27NO2/c1-12-7-14-15(8-17(2,3)9-16(14)19)18(12)10-13-5-4-6-20-11-13/h7,13,16,19H,4-6,8-11H2,1-3H3. The average Bonchev–Trinajstić information content (AvgIpc) is 2.67. The highest BCUT2D eigenvalue weighted by atomic mass is 16.5. The summed E-state index contributed by atoms with van der Waals surface area (Å²) in [5.41, 5.74) is 4.01. The van der Waals surface area contributed by atoms with Crippen LogP contribution in [0.15, 0.2) is 6.07 Å². The molecule has 1 aliphatic heterocycles. The summed E-state index contributed by atoms with van der Waals surface area (Å²) >= 11 is 0. The fraction of sp³-hybridized carbons (Fsp3) is 0.765. The van der Waals surface area contributed by atoms with E-state index in [2.05, 4.69) is 31.4 Å². The maximum atomic E-state index is 10.4. The zero-order chi connectivity index (χ0) is 14.3. The van der Waals surface area contributed by atoms with E-state index in [-0.39, 0.29) is 11.5 Å². The van der Waals surface area contributed by atoms with Gasteiger partial charge in [0.25, 0.3) is 0 Å². The van der Waals surface area contributed by atoms with Gasteiger partial charge < -0.3 is 14.4 Å². The van der Waals surface area contributed by atoms with Crippen LogP contribution in [0.4, 0.5) is 0 Å². The van der Waals surface area contributed by atoms with E-state index >= 15 is 0 Å². The van der Waals surface area contributed by atoms with Crippen LogP contribution in [0.1, 0.15) is 56.2 Å². The molecule has 112 valence electrons. The third kappa shape index (κ3) is 2.66. The summed E-state index contributed by atoms with van der Waals surface area (Å²) in [7, 11) is 0. The zero-order valence-electron chi connectivity index (χ0n) is 13.0. The van der Waals surface area contributed by atoms with Crippen molar-refractivity contribution >= 4 is 0 Å². The van der Waals surface area contributed by atoms with Gasteiger partial charge in [-0.15, -0.1) is 0 Å². The topological polar surface area (TPSA) is 34.4 Å². The highest BCUT2D eigenvalue weighted by Gasteiger charge is 2.34. The molecule has 3 nitrogen and oxygen atoms in total. The molecule has 2 unspecified atom stereocenters. The second-order valence-corrected chi connectivity index (χ2v) is 7.44. The molecule has 1 fully saturated rings. The molecule has 1 N–H and O–H groups in total. The molecule has 2 atom stereocenters. The van der Waals surface area contributed by atoms with E-state index in [0.29, 0.717) is 5.92 Å². The Balaban J connectivity index is 1.88. The van der Waals surface area contributed by atoms with Crippen molar-refractivity contribution in [2.75, 3.05) is 13.2 Å². The quantitative estimate of drug-likeness (QED) is 0.900. The molecule has 0 saturated carbocycles. The predicted octanol–water partition coefficient (Wildman–Crippen LogP) is 3.23. The Hall–Kier alpha value is -0.800. The van der Waals surface area contributed by atoms with Crippen molar-refractivity contribution in [3.8, 4) is 0 Å². The first-order valence-corrected chi connectivity index (χ1v) is 7.91. The summed E-state index contributed by atoms with van der Waals surface area (Å²) in [6, 6.07) is 2.19. The molecule has 2 aliphatic rings. The number of rotatable bonds is 2. The number of aromatic nitrogens is 1. The van der Waals surface area contributed by atoms with Crippen LogP contribution < -0.4 is 0 Å². The minimum absolute atomic E-state index is 0.192. The van der Waals surface area contributed by atoms with Gasteiger partial charge in [-0.05, 0) is 44.1 Å². The number of fused-ring (bicyclic) bond motifs is 1. The van der Waals surface area contributed by atoms with Crippen LogP contribution in [-0.4, -0.2) is 22.9 Å². The number of ether oxygens (including phenoxy) is 1. The van der Waals surface area contributed by atoms with Gasteiger partial charge in [0.2, 0.25) is 0 Å². The molecule has 0 spiro atoms. The molecule has 1 aromatic heterocycles. The number of hydrogen-bond donors (Lipinski definition) is 1. The monoisotopic (exact) mass is 277 g/mol. The summed E-state index contributed by atoms with van der Waals surface area (Å²) in [5.74, 6) is 0.626. The van der Waals surface area contributed by atoms with Gasteiger partial charge in [0, 0.05) is 36.0 Å². The van der Waals surface area contributed by atoms with Crippen molar-refractivity contribution in [1.29, 1.82) is 0 Å². The van der Waals surface area contributed by atoms with Gasteiger partial charge in [-0.3, -0.25) is 0 Å². The number of aliphatic hydroxyl groups excluding tert-OH is 1. The molecule has 0 radical (unpaired) electrons. The van der Waals surface area contributed by atoms with Crippen molar-refractivity contribution in [3.63, 3.8) is 0 Å². The average molecular weight is 277 g/mol. The Morgan fingerprint density at radius 2 is 2.25 bits per heavy atom. The minimum atomic E-state index is -0.295. The minimum Gasteiger partial charge on any atom is -0.388 e. The van der Waals surface area contributed by atoms with Crippen LogP contribution in [0.3, 0.4) is 0 Å². The number of aliphatic hydroxyl groups is 1. The van der Waals surface area contributed by atoms with Gasteiger partial charge in [0.05, 0.1) is 12.7 Å². The maximum absolute atomic E-state index is 10.4. The molecular formula is C17H27NO2. The molecule has 1 saturated heterocycles. The molecule has 1 aromatic rings. The lowest BCUT2D eigenvalue weighted by Crippen LogP contribution is -2.29. The third-order valence-electron chi connectivity index (χ3n) is 4.90. The van der Waals surface area contributed by atoms with E-state index in [9.17, 15) is 5.11 Å². The fourth-order valence-electron chi connectivity index (χ4n) is 3.86. The maximum Gasteiger partial charge on any atom is 0.0812 e. The Kier molecular flexibility index (Phi) is 3.67. The van der Waals surface area contributed by atoms with Crippen LogP contribution in [0, 0.1) is 18.3 Å². The zero-order valence-corrected chi connectivity index (χ0v) is 13.0. The number of hydrogen-bond acceptors (Lipinski definition) is 2. The van der Waals surface area contributed by atoms with Crippen LogP contribution in [-0.2, 0) is 17.7 Å². The van der Waals surface area contributed by atoms with Crippen LogP contribution in [0.25, 0.3) is 0 Å². The van der Waals surface area contributed by atoms with E-state index in [1.54, 1.807) is 0 Å². The summed E-state index contributed by atoms with van der Waals surface area (Å²) in [6.45, 7) is 9.54. The third-order valence-corrected chi connectivity index (χ3v) is 4.90. The Morgan fingerprint density at radius 1 is 1.45 bits per heavy atom. The van der Waals surface area contributed by atoms with Crippen molar-refractivity contribution in [3.05, 3.63) is 23.0 Å². The van der Waals surface area contributed by atoms with E-state index in [1.807, 2.05) is 0 Å². The molecule has 0 bridgehead atoms. The second-order valence-electron chi connectivity index (χ2n) is 7.44. The van der Waals surface area contributed by atoms with Gasteiger partial charge in [-0.2, -0.15) is 0 Å². The van der Waals surface area contributed by atoms with Gasteiger partial charge >= 0.3 is 0 Å². The van der Waals surface area contributed by atoms with Gasteiger partial charge in [-0.1, -0.05) is 13.8 Å². The van der Waals surface area contributed by atoms with Crippen LogP contribution >= 0.6 is 0 Å². The molecule has 0 aromatic carbocycles. The Morgan fingerprint density at radius 3 is 2.95 bits per heavy atom.